The van der Waals surface area contributed by atoms with Gasteiger partial charge in [-0.15, -0.1) is 0 Å². The molecule has 16 nitrogen and oxygen atoms in total. The molecule has 0 heterocycles. The largest absolute Gasteiger partial charge is 0.472 e. The van der Waals surface area contributed by atoms with E-state index in [-0.39, 0.29) is 19.3 Å². The molecule has 0 spiro atoms. The normalized spacial score (nSPS) is 14.9. The minimum absolute atomic E-state index is 0.0812. The number of unbranched alkanes of at least 4 members (excludes halogenated alkanes) is 24. The van der Waals surface area contributed by atoms with E-state index in [4.69, 9.17) is 32.3 Å². The van der Waals surface area contributed by atoms with Gasteiger partial charge in [0.05, 0.1) is 26.4 Å². The Morgan fingerprint density at radius 1 is 0.293 bits per heavy atom. The maximum absolute atomic E-state index is 12.9. The fourth-order valence-electron chi connectivity index (χ4n) is 9.77. The van der Waals surface area contributed by atoms with E-state index in [0.717, 1.165) is 148 Å². The molecule has 0 aromatic rings. The number of hydrogen-bond acceptors (Lipinski definition) is 14. The van der Waals surface area contributed by atoms with Gasteiger partial charge in [-0.2, -0.15) is 0 Å². The molecular weight excluding hydrogens is 1290 g/mol. The Morgan fingerprint density at radius 2 is 0.535 bits per heavy atom. The van der Waals surface area contributed by atoms with Crippen LogP contribution in [0.2, 0.25) is 0 Å². The van der Waals surface area contributed by atoms with E-state index in [2.05, 4.69) is 167 Å². The van der Waals surface area contributed by atoms with Crippen LogP contribution < -0.4 is 0 Å². The predicted molar refractivity (Wildman–Crippen MR) is 408 cm³/mol. The van der Waals surface area contributed by atoms with E-state index in [1.807, 2.05) is 0 Å². The molecular formula is C81H136O16P2. The first-order chi connectivity index (χ1) is 48.2. The molecule has 0 amide bonds. The zero-order chi connectivity index (χ0) is 72.3. The van der Waals surface area contributed by atoms with Crippen molar-refractivity contribution in [1.82, 2.24) is 0 Å². The third-order valence-corrected chi connectivity index (χ3v) is 17.4. The fourth-order valence-corrected chi connectivity index (χ4v) is 11.4. The number of esters is 3. The molecule has 0 rings (SSSR count). The summed E-state index contributed by atoms with van der Waals surface area (Å²) in [6.07, 6.45) is 89.1. The van der Waals surface area contributed by atoms with Gasteiger partial charge in [0.25, 0.3) is 0 Å². The van der Waals surface area contributed by atoms with Crippen LogP contribution in [0.3, 0.4) is 0 Å². The van der Waals surface area contributed by atoms with Crippen molar-refractivity contribution in [1.29, 1.82) is 0 Å². The number of aliphatic hydroxyl groups is 2. The van der Waals surface area contributed by atoms with E-state index in [1.165, 1.54) is 83.5 Å². The van der Waals surface area contributed by atoms with Crippen LogP contribution in [0.4, 0.5) is 0 Å². The van der Waals surface area contributed by atoms with Crippen LogP contribution in [0.25, 0.3) is 0 Å². The van der Waals surface area contributed by atoms with E-state index in [1.54, 1.807) is 0 Å². The minimum Gasteiger partial charge on any atom is -0.463 e. The third-order valence-electron chi connectivity index (χ3n) is 15.5. The van der Waals surface area contributed by atoms with Gasteiger partial charge in [0, 0.05) is 19.3 Å². The Hall–Kier alpha value is -4.57. The highest BCUT2D eigenvalue weighted by atomic mass is 31.2. The summed E-state index contributed by atoms with van der Waals surface area (Å²) in [4.78, 5) is 58.5. The fraction of sp³-hybridized carbons (Fsp3) is 0.667. The number of phosphoric ester groups is 2. The molecule has 99 heavy (non-hydrogen) atoms. The first-order valence-electron chi connectivity index (χ1n) is 38.1. The Labute approximate surface area is 600 Å². The molecule has 566 valence electrons. The van der Waals surface area contributed by atoms with Gasteiger partial charge in [0.2, 0.25) is 0 Å². The second-order valence-corrected chi connectivity index (χ2v) is 27.9. The third kappa shape index (κ3) is 74.4. The number of phosphoric acid groups is 2. The van der Waals surface area contributed by atoms with Gasteiger partial charge in [-0.25, -0.2) is 9.13 Å². The zero-order valence-corrected chi connectivity index (χ0v) is 63.4. The number of aliphatic hydroxyl groups excluding tert-OH is 2. The Balaban J connectivity index is 4.54. The molecule has 0 radical (unpaired) electrons. The van der Waals surface area contributed by atoms with Crippen molar-refractivity contribution in [2.24, 2.45) is 0 Å². The highest BCUT2D eigenvalue weighted by Gasteiger charge is 2.29. The van der Waals surface area contributed by atoms with Gasteiger partial charge in [-0.05, 0) is 141 Å². The Kier molecular flexibility index (Phi) is 69.8. The van der Waals surface area contributed by atoms with Crippen LogP contribution in [-0.2, 0) is 55.8 Å². The summed E-state index contributed by atoms with van der Waals surface area (Å²) in [5, 5.41) is 20.6. The predicted octanol–water partition coefficient (Wildman–Crippen LogP) is 22.1. The summed E-state index contributed by atoms with van der Waals surface area (Å²) in [7, 11) is -9.80. The lowest BCUT2D eigenvalue weighted by Crippen LogP contribution is -2.30. The van der Waals surface area contributed by atoms with E-state index >= 15 is 0 Å². The van der Waals surface area contributed by atoms with Crippen molar-refractivity contribution in [3.05, 3.63) is 146 Å². The molecule has 0 saturated carbocycles. The summed E-state index contributed by atoms with van der Waals surface area (Å²) in [5.74, 6) is -1.64. The number of carbonyl (C=O) groups is 3. The van der Waals surface area contributed by atoms with Crippen molar-refractivity contribution < 1.29 is 75.8 Å². The summed E-state index contributed by atoms with van der Waals surface area (Å²) < 4.78 is 61.0. The van der Waals surface area contributed by atoms with Crippen molar-refractivity contribution >= 4 is 33.6 Å². The molecule has 0 bridgehead atoms. The lowest BCUT2D eigenvalue weighted by molar-refractivity contribution is -0.161. The molecule has 0 saturated heterocycles. The van der Waals surface area contributed by atoms with E-state index < -0.39 is 91.5 Å². The standard InChI is InChI=1S/C81H136O16P2/c1-4-7-10-13-16-19-22-25-27-29-31-33-34-35-36-37-38-39-40-42-44-45-47-50-52-55-58-61-64-67-79(84)91-70-76(82)71-93-98(87,88)94-72-77(83)73-95-99(89,90)96-75-78(97-81(86)69-66-63-60-57-54-49-24-21-18-15-12-9-6-3)74-92-80(85)68-65-62-59-56-53-51-48-46-43-41-32-30-28-26-23-20-17-14-11-8-5-2/h7-8,10-11,16-17,19-21,24-28,31-33,35-36,41,46,48,53,56,76-78,82-83H,4-6,9,12-15,18,22-23,29-30,34,37-40,42-45,47,49-52,54-55,57-75H2,1-3H3,(H,87,88)(H,89,90)/b10-7-,11-8-,19-16-,20-17-,24-21-,27-25-,28-26-,33-31-,36-35-,41-32-,48-46-,56-53-. The van der Waals surface area contributed by atoms with Crippen LogP contribution in [-0.4, -0.2) is 95.9 Å². The molecule has 0 aliphatic heterocycles. The van der Waals surface area contributed by atoms with Crippen molar-refractivity contribution in [2.45, 2.75) is 309 Å². The smallest absolute Gasteiger partial charge is 0.463 e. The van der Waals surface area contributed by atoms with Crippen LogP contribution >= 0.6 is 15.6 Å². The molecule has 0 fully saturated rings. The molecule has 18 heteroatoms. The van der Waals surface area contributed by atoms with E-state index in [9.17, 15) is 43.5 Å². The number of carbonyl (C=O) groups excluding carboxylic acids is 3. The Bertz CT molecular complexity index is 2380. The maximum Gasteiger partial charge on any atom is 0.472 e. The van der Waals surface area contributed by atoms with Crippen LogP contribution in [0.15, 0.2) is 146 Å². The number of hydrogen-bond donors (Lipinski definition) is 4. The van der Waals surface area contributed by atoms with Crippen LogP contribution in [0.1, 0.15) is 290 Å². The van der Waals surface area contributed by atoms with Gasteiger partial charge < -0.3 is 34.2 Å². The minimum atomic E-state index is -4.94. The number of allylic oxidation sites excluding steroid dienone is 24. The number of ether oxygens (including phenoxy) is 3. The quantitative estimate of drug-likeness (QED) is 0.0146. The van der Waals surface area contributed by atoms with Gasteiger partial charge in [0.15, 0.2) is 6.10 Å². The molecule has 0 aromatic heterocycles. The highest BCUT2D eigenvalue weighted by molar-refractivity contribution is 7.47. The average molecular weight is 1430 g/mol. The first kappa shape index (κ1) is 94.4. The van der Waals surface area contributed by atoms with Crippen molar-refractivity contribution in [3.8, 4) is 0 Å². The summed E-state index contributed by atoms with van der Waals surface area (Å²) in [6.45, 7) is 2.37. The van der Waals surface area contributed by atoms with Crippen LogP contribution in [0.5, 0.6) is 0 Å². The Morgan fingerprint density at radius 3 is 0.879 bits per heavy atom. The van der Waals surface area contributed by atoms with Crippen LogP contribution in [0, 0.1) is 0 Å². The topological polar surface area (TPSA) is 231 Å². The zero-order valence-electron chi connectivity index (χ0n) is 61.6. The lowest BCUT2D eigenvalue weighted by atomic mass is 10.0. The molecule has 5 unspecified atom stereocenters. The lowest BCUT2D eigenvalue weighted by Gasteiger charge is -2.21. The second-order valence-electron chi connectivity index (χ2n) is 25.0. The first-order valence-corrected chi connectivity index (χ1v) is 41.1. The monoisotopic (exact) mass is 1430 g/mol. The summed E-state index contributed by atoms with van der Waals surface area (Å²) in [5.41, 5.74) is 0. The molecule has 4 N–H and O–H groups in total. The molecule has 0 aromatic carbocycles. The van der Waals surface area contributed by atoms with Gasteiger partial charge >= 0.3 is 33.6 Å². The van der Waals surface area contributed by atoms with Gasteiger partial charge in [-0.1, -0.05) is 276 Å². The number of rotatable bonds is 71. The van der Waals surface area contributed by atoms with Crippen molar-refractivity contribution in [2.75, 3.05) is 39.6 Å². The van der Waals surface area contributed by atoms with Gasteiger partial charge in [-0.3, -0.25) is 32.5 Å². The van der Waals surface area contributed by atoms with E-state index in [0.29, 0.717) is 19.3 Å². The second kappa shape index (κ2) is 73.2. The summed E-state index contributed by atoms with van der Waals surface area (Å²) in [6, 6.07) is 0. The molecule has 5 atom stereocenters. The molecule has 0 aliphatic carbocycles. The molecule has 0 aliphatic rings. The van der Waals surface area contributed by atoms with Crippen molar-refractivity contribution in [3.63, 3.8) is 0 Å². The average Bonchev–Trinajstić information content (AvgIpc) is 1.05. The van der Waals surface area contributed by atoms with Gasteiger partial charge in [0.1, 0.15) is 25.4 Å². The maximum atomic E-state index is 12.9. The summed E-state index contributed by atoms with van der Waals surface area (Å²) >= 11 is 0. The highest BCUT2D eigenvalue weighted by Crippen LogP contribution is 2.45. The SMILES string of the molecule is CC/C=C\C/C=C\C/C=C\C/C=C\C/C=C\C/C=C\CCCCC(=O)OCC(COP(=O)(O)OCC(O)COP(=O)(O)OCC(O)COC(=O)CCCCCCCCCCCCCCC/C=C\C/C=C\C/C=C\C/C=C\C/C=C\CC)OC(=O)CCCCCCC/C=C\CCCCCC.